The van der Waals surface area contributed by atoms with E-state index in [1.54, 1.807) is 40.9 Å². The van der Waals surface area contributed by atoms with Crippen LogP contribution in [0.2, 0.25) is 5.04 Å². The van der Waals surface area contributed by atoms with Crippen molar-refractivity contribution < 1.29 is 23.4 Å². The van der Waals surface area contributed by atoms with E-state index in [0.29, 0.717) is 22.6 Å². The minimum atomic E-state index is -2.94. The van der Waals surface area contributed by atoms with E-state index in [2.05, 4.69) is 66.5 Å². The molecule has 0 radical (unpaired) electrons. The van der Waals surface area contributed by atoms with E-state index in [1.165, 1.54) is 6.33 Å². The Morgan fingerprint density at radius 2 is 1.53 bits per heavy atom. The number of anilines is 1. The molecule has 2 aromatic heterocycles. The first-order valence-corrected chi connectivity index (χ1v) is 18.3. The third-order valence-electron chi connectivity index (χ3n) is 9.38. The van der Waals surface area contributed by atoms with Gasteiger partial charge in [0.1, 0.15) is 36.2 Å². The number of aromatic nitrogens is 3. The van der Waals surface area contributed by atoms with Crippen LogP contribution in [0.5, 0.6) is 0 Å². The van der Waals surface area contributed by atoms with Crippen molar-refractivity contribution in [3.05, 3.63) is 121 Å². The summed E-state index contributed by atoms with van der Waals surface area (Å²) >= 11 is 0. The molecular formula is C38H39N5O5Si. The van der Waals surface area contributed by atoms with Crippen LogP contribution in [0.15, 0.2) is 109 Å². The molecule has 0 unspecified atom stereocenters. The third-order valence-corrected chi connectivity index (χ3v) is 14.4. The highest BCUT2D eigenvalue weighted by atomic mass is 28.4. The summed E-state index contributed by atoms with van der Waals surface area (Å²) in [6.45, 7) is 10.5. The first-order valence-electron chi connectivity index (χ1n) is 16.4. The molecule has 2 fully saturated rings. The largest absolute Gasteiger partial charge is 0.405 e. The zero-order chi connectivity index (χ0) is 34.4. The standard InChI is InChI=1S/C38H39N5O5Si/c1-36(2,3)49(27-17-11-7-12-18-27,28-19-13-8-14-20-28)45-23-30-32-33(48-37(4,5)47-32)38(24-39,46-30)31-22-21-29-34(40-25-41-43(29)31)42-35(44)26-15-9-6-10-16-26/h6-22,25,30,32-33H,23H2,1-5H3,(H,40,41,42,44)/t30-,32-,33-,38+/m1/s1. The Labute approximate surface area is 286 Å². The maximum Gasteiger partial charge on any atom is 0.261 e. The highest BCUT2D eigenvalue weighted by molar-refractivity contribution is 6.99. The molecule has 0 spiro atoms. The van der Waals surface area contributed by atoms with E-state index in [0.717, 1.165) is 10.4 Å². The Morgan fingerprint density at radius 1 is 0.918 bits per heavy atom. The molecule has 0 bridgehead atoms. The third kappa shape index (κ3) is 5.55. The van der Waals surface area contributed by atoms with E-state index in [4.69, 9.17) is 18.6 Å². The van der Waals surface area contributed by atoms with Crippen molar-refractivity contribution in [2.75, 3.05) is 11.9 Å². The van der Waals surface area contributed by atoms with Crippen LogP contribution in [-0.2, 0) is 24.2 Å². The number of nitrogens with one attached hydrogen (secondary N) is 1. The SMILES string of the molecule is CC1(C)O[C@H]2[C@@H](O1)[C@](C#N)(c1ccc3c(NC(=O)c4ccccc4)ncnn13)O[C@@H]2CO[Si](c1ccccc1)(c1ccccc1)C(C)(C)C. The molecule has 2 aliphatic rings. The summed E-state index contributed by atoms with van der Waals surface area (Å²) in [4.78, 5) is 17.4. The van der Waals surface area contributed by atoms with Gasteiger partial charge in [-0.05, 0) is 53.5 Å². The van der Waals surface area contributed by atoms with Crippen molar-refractivity contribution in [3.8, 4) is 6.07 Å². The minimum Gasteiger partial charge on any atom is -0.405 e. The lowest BCUT2D eigenvalue weighted by molar-refractivity contribution is -0.204. The van der Waals surface area contributed by atoms with Gasteiger partial charge < -0.3 is 24.0 Å². The molecule has 1 N–H and O–H groups in total. The van der Waals surface area contributed by atoms with Crippen LogP contribution in [0.1, 0.15) is 50.7 Å². The molecule has 3 aromatic carbocycles. The Bertz CT molecular complexity index is 1970. The predicted octanol–water partition coefficient (Wildman–Crippen LogP) is 5.20. The summed E-state index contributed by atoms with van der Waals surface area (Å²) < 4.78 is 28.6. The summed E-state index contributed by atoms with van der Waals surface area (Å²) in [5.74, 6) is -0.993. The van der Waals surface area contributed by atoms with Gasteiger partial charge >= 0.3 is 0 Å². The van der Waals surface area contributed by atoms with Crippen molar-refractivity contribution in [1.29, 1.82) is 5.26 Å². The number of amides is 1. The molecule has 11 heteroatoms. The molecule has 2 aliphatic heterocycles. The number of hydrogen-bond acceptors (Lipinski definition) is 8. The van der Waals surface area contributed by atoms with E-state index in [1.807, 2.05) is 56.3 Å². The highest BCUT2D eigenvalue weighted by Gasteiger charge is 2.66. The van der Waals surface area contributed by atoms with Gasteiger partial charge in [-0.1, -0.05) is 99.6 Å². The average molecular weight is 674 g/mol. The fourth-order valence-corrected chi connectivity index (χ4v) is 11.8. The van der Waals surface area contributed by atoms with E-state index in [-0.39, 0.29) is 17.6 Å². The number of ether oxygens (including phenoxy) is 3. The molecule has 1 amide bonds. The van der Waals surface area contributed by atoms with Gasteiger partial charge in [0.25, 0.3) is 14.2 Å². The monoisotopic (exact) mass is 673 g/mol. The number of benzene rings is 3. The quantitative estimate of drug-likeness (QED) is 0.224. The van der Waals surface area contributed by atoms with E-state index >= 15 is 0 Å². The molecule has 10 nitrogen and oxygen atoms in total. The maximum absolute atomic E-state index is 13.0. The molecule has 4 atom stereocenters. The number of nitriles is 1. The Kier molecular flexibility index (Phi) is 8.25. The number of carbonyl (C=O) groups is 1. The second-order valence-electron chi connectivity index (χ2n) is 13.9. The van der Waals surface area contributed by atoms with Crippen molar-refractivity contribution in [2.24, 2.45) is 0 Å². The molecule has 4 heterocycles. The zero-order valence-corrected chi connectivity index (χ0v) is 29.2. The maximum atomic E-state index is 13.0. The van der Waals surface area contributed by atoms with Gasteiger partial charge in [0, 0.05) is 5.56 Å². The summed E-state index contributed by atoms with van der Waals surface area (Å²) in [6, 6.07) is 35.6. The van der Waals surface area contributed by atoms with Crippen LogP contribution in [-0.4, -0.2) is 59.5 Å². The highest BCUT2D eigenvalue weighted by Crippen LogP contribution is 2.50. The molecule has 0 saturated carbocycles. The van der Waals surface area contributed by atoms with Crippen molar-refractivity contribution >= 4 is 35.9 Å². The van der Waals surface area contributed by atoms with Crippen LogP contribution in [0.3, 0.4) is 0 Å². The fourth-order valence-electron chi connectivity index (χ4n) is 7.28. The second-order valence-corrected chi connectivity index (χ2v) is 18.2. The Balaban J connectivity index is 1.27. The second kappa shape index (κ2) is 12.3. The van der Waals surface area contributed by atoms with Gasteiger partial charge in [0.05, 0.1) is 12.3 Å². The lowest BCUT2D eigenvalue weighted by Crippen LogP contribution is -2.67. The van der Waals surface area contributed by atoms with Crippen molar-refractivity contribution in [2.45, 2.75) is 69.4 Å². The molecule has 0 aliphatic carbocycles. The number of fused-ring (bicyclic) bond motifs is 2. The minimum absolute atomic E-state index is 0.161. The van der Waals surface area contributed by atoms with Crippen LogP contribution < -0.4 is 15.7 Å². The summed E-state index contributed by atoms with van der Waals surface area (Å²) in [5.41, 5.74) is -0.183. The van der Waals surface area contributed by atoms with Crippen LogP contribution in [0.25, 0.3) is 5.52 Å². The topological polar surface area (TPSA) is 120 Å². The normalized spacial score (nSPS) is 23.2. The van der Waals surface area contributed by atoms with Crippen LogP contribution in [0.4, 0.5) is 5.82 Å². The first kappa shape index (κ1) is 32.8. The lowest BCUT2D eigenvalue weighted by atomic mass is 9.92. The zero-order valence-electron chi connectivity index (χ0n) is 28.2. The van der Waals surface area contributed by atoms with E-state index in [9.17, 15) is 10.1 Å². The van der Waals surface area contributed by atoms with Crippen LogP contribution >= 0.6 is 0 Å². The molecule has 49 heavy (non-hydrogen) atoms. The number of nitrogens with zero attached hydrogens (tertiary/aromatic N) is 4. The van der Waals surface area contributed by atoms with E-state index < -0.39 is 38.0 Å². The van der Waals surface area contributed by atoms with Gasteiger partial charge in [-0.15, -0.1) is 0 Å². The van der Waals surface area contributed by atoms with Crippen LogP contribution in [0, 0.1) is 11.3 Å². The molecular weight excluding hydrogens is 635 g/mol. The van der Waals surface area contributed by atoms with Gasteiger partial charge in [0.2, 0.25) is 5.60 Å². The number of rotatable bonds is 8. The van der Waals surface area contributed by atoms with Gasteiger partial charge in [-0.3, -0.25) is 4.79 Å². The average Bonchev–Trinajstić information content (AvgIpc) is 3.76. The smallest absolute Gasteiger partial charge is 0.261 e. The van der Waals surface area contributed by atoms with Gasteiger partial charge in [0.15, 0.2) is 11.6 Å². The summed E-state index contributed by atoms with van der Waals surface area (Å²) in [6.07, 6.45) is -0.723. The number of carbonyl (C=O) groups excluding carboxylic acids is 1. The summed E-state index contributed by atoms with van der Waals surface area (Å²) in [7, 11) is -2.94. The predicted molar refractivity (Wildman–Crippen MR) is 187 cm³/mol. The van der Waals surface area contributed by atoms with Crippen molar-refractivity contribution in [3.63, 3.8) is 0 Å². The molecule has 7 rings (SSSR count). The number of hydrogen-bond donors (Lipinski definition) is 1. The van der Waals surface area contributed by atoms with Crippen molar-refractivity contribution in [1.82, 2.24) is 14.6 Å². The fraction of sp³-hybridized carbons (Fsp3) is 0.316. The summed E-state index contributed by atoms with van der Waals surface area (Å²) in [5, 5.41) is 20.4. The first-order chi connectivity index (χ1) is 23.5. The van der Waals surface area contributed by atoms with Gasteiger partial charge in [-0.2, -0.15) is 10.4 Å². The Morgan fingerprint density at radius 3 is 2.12 bits per heavy atom. The molecule has 2 saturated heterocycles. The van der Waals surface area contributed by atoms with Gasteiger partial charge in [-0.25, -0.2) is 9.50 Å². The molecule has 5 aromatic rings. The Hall–Kier alpha value is -4.70. The molecule has 250 valence electrons. The lowest BCUT2D eigenvalue weighted by Gasteiger charge is -2.43.